The fraction of sp³-hybridized carbons (Fsp3) is 0.455. The number of hydrogen-bond donors (Lipinski definition) is 0. The van der Waals surface area contributed by atoms with Crippen molar-refractivity contribution in [2.45, 2.75) is 42.4 Å². The summed E-state index contributed by atoms with van der Waals surface area (Å²) in [4.78, 5) is 1.41. The van der Waals surface area contributed by atoms with E-state index in [1.165, 1.54) is 6.07 Å². The summed E-state index contributed by atoms with van der Waals surface area (Å²) in [6, 6.07) is 6.76. The fourth-order valence-corrected chi connectivity index (χ4v) is 7.24. The SMILES string of the molecule is O=S(=O)(c1ccc(Br)c(C(F)(F)F)c1)N1CCOC12CCN(Cc1ccc(Br)c(C(F)(F)F)c1)CC2. The number of likely N-dealkylation sites (tertiary alicyclic amines) is 1. The van der Waals surface area contributed by atoms with Crippen LogP contribution in [0.3, 0.4) is 0 Å². The Morgan fingerprint density at radius 1 is 0.861 bits per heavy atom. The van der Waals surface area contributed by atoms with E-state index in [0.717, 1.165) is 22.5 Å². The number of hydrogen-bond acceptors (Lipinski definition) is 4. The van der Waals surface area contributed by atoms with Gasteiger partial charge in [-0.3, -0.25) is 4.90 Å². The van der Waals surface area contributed by atoms with E-state index in [2.05, 4.69) is 31.9 Å². The zero-order valence-corrected chi connectivity index (χ0v) is 22.5. The maximum absolute atomic E-state index is 13.4. The average Bonchev–Trinajstić information content (AvgIpc) is 3.19. The van der Waals surface area contributed by atoms with E-state index < -0.39 is 44.1 Å². The predicted octanol–water partition coefficient (Wildman–Crippen LogP) is 6.26. The van der Waals surface area contributed by atoms with Crippen LogP contribution in [0.25, 0.3) is 0 Å². The first-order valence-corrected chi connectivity index (χ1v) is 13.8. The van der Waals surface area contributed by atoms with Crippen LogP contribution in [0.2, 0.25) is 0 Å². The highest BCUT2D eigenvalue weighted by atomic mass is 79.9. The Hall–Kier alpha value is -1.19. The Balaban J connectivity index is 1.51. The lowest BCUT2D eigenvalue weighted by atomic mass is 10.00. The van der Waals surface area contributed by atoms with Crippen molar-refractivity contribution in [3.63, 3.8) is 0 Å². The monoisotopic (exact) mass is 664 g/mol. The van der Waals surface area contributed by atoms with Crippen molar-refractivity contribution in [2.24, 2.45) is 0 Å². The summed E-state index contributed by atoms with van der Waals surface area (Å²) < 4.78 is 113. The second kappa shape index (κ2) is 9.84. The summed E-state index contributed by atoms with van der Waals surface area (Å²) in [7, 11) is -4.31. The van der Waals surface area contributed by atoms with Crippen molar-refractivity contribution >= 4 is 41.9 Å². The Morgan fingerprint density at radius 2 is 1.42 bits per heavy atom. The Morgan fingerprint density at radius 3 is 2.00 bits per heavy atom. The molecule has 2 fully saturated rings. The molecule has 2 aliphatic heterocycles. The highest BCUT2D eigenvalue weighted by Gasteiger charge is 2.51. The Labute approximate surface area is 220 Å². The number of piperidine rings is 1. The van der Waals surface area contributed by atoms with Crippen LogP contribution in [-0.2, 0) is 33.7 Å². The molecule has 36 heavy (non-hydrogen) atoms. The minimum Gasteiger partial charge on any atom is -0.358 e. The third kappa shape index (κ3) is 5.48. The second-order valence-electron chi connectivity index (χ2n) is 8.60. The minimum absolute atomic E-state index is 0.0125. The molecule has 2 aromatic carbocycles. The highest BCUT2D eigenvalue weighted by Crippen LogP contribution is 2.41. The molecular formula is C22H20Br2F6N2O3S. The smallest absolute Gasteiger partial charge is 0.358 e. The predicted molar refractivity (Wildman–Crippen MR) is 125 cm³/mol. The van der Waals surface area contributed by atoms with Crippen molar-refractivity contribution in [3.8, 4) is 0 Å². The van der Waals surface area contributed by atoms with Crippen molar-refractivity contribution < 1.29 is 39.5 Å². The van der Waals surface area contributed by atoms with Crippen LogP contribution in [0.4, 0.5) is 26.3 Å². The molecule has 0 aromatic heterocycles. The molecule has 0 bridgehead atoms. The molecule has 0 saturated carbocycles. The van der Waals surface area contributed by atoms with Gasteiger partial charge < -0.3 is 4.74 Å². The molecule has 4 rings (SSSR count). The van der Waals surface area contributed by atoms with Crippen molar-refractivity contribution in [3.05, 3.63) is 62.0 Å². The van der Waals surface area contributed by atoms with Gasteiger partial charge >= 0.3 is 12.4 Å². The van der Waals surface area contributed by atoms with Gasteiger partial charge in [0.2, 0.25) is 10.0 Å². The Bertz CT molecular complexity index is 1250. The zero-order chi connectivity index (χ0) is 26.5. The van der Waals surface area contributed by atoms with E-state index in [1.54, 1.807) is 6.07 Å². The first-order valence-electron chi connectivity index (χ1n) is 10.7. The van der Waals surface area contributed by atoms with Gasteiger partial charge in [-0.25, -0.2) is 8.42 Å². The van der Waals surface area contributed by atoms with Gasteiger partial charge in [-0.1, -0.05) is 37.9 Å². The molecule has 0 aliphatic carbocycles. The molecule has 0 unspecified atom stereocenters. The van der Waals surface area contributed by atoms with E-state index in [-0.39, 0.29) is 41.5 Å². The number of nitrogens with zero attached hydrogens (tertiary/aromatic N) is 2. The maximum Gasteiger partial charge on any atom is 0.417 e. The topological polar surface area (TPSA) is 49.9 Å². The number of ether oxygens (including phenoxy) is 1. The molecular weight excluding hydrogens is 646 g/mol. The van der Waals surface area contributed by atoms with Gasteiger partial charge in [0.1, 0.15) is 5.72 Å². The second-order valence-corrected chi connectivity index (χ2v) is 12.2. The lowest BCUT2D eigenvalue weighted by Crippen LogP contribution is -2.54. The van der Waals surface area contributed by atoms with Crippen LogP contribution in [0, 0.1) is 0 Å². The molecule has 2 aliphatic rings. The highest BCUT2D eigenvalue weighted by molar-refractivity contribution is 9.10. The summed E-state index contributed by atoms with van der Waals surface area (Å²) in [6.45, 7) is 0.959. The number of sulfonamides is 1. The van der Waals surface area contributed by atoms with E-state index in [9.17, 15) is 34.8 Å². The first-order chi connectivity index (χ1) is 16.6. The average molecular weight is 666 g/mol. The molecule has 1 spiro atoms. The van der Waals surface area contributed by atoms with Crippen LogP contribution in [-0.4, -0.2) is 49.6 Å². The van der Waals surface area contributed by atoms with Gasteiger partial charge in [-0.15, -0.1) is 0 Å². The molecule has 198 valence electrons. The van der Waals surface area contributed by atoms with E-state index in [4.69, 9.17) is 4.74 Å². The van der Waals surface area contributed by atoms with Crippen LogP contribution in [0.1, 0.15) is 29.5 Å². The molecule has 0 radical (unpaired) electrons. The lowest BCUT2D eigenvalue weighted by Gasteiger charge is -2.43. The zero-order valence-electron chi connectivity index (χ0n) is 18.5. The summed E-state index contributed by atoms with van der Waals surface area (Å²) in [6.07, 6.45) is -8.81. The third-order valence-corrected chi connectivity index (χ3v) is 9.66. The van der Waals surface area contributed by atoms with Crippen molar-refractivity contribution in [1.29, 1.82) is 0 Å². The van der Waals surface area contributed by atoms with E-state index >= 15 is 0 Å². The quantitative estimate of drug-likeness (QED) is 0.362. The van der Waals surface area contributed by atoms with Gasteiger partial charge in [0.25, 0.3) is 0 Å². The molecule has 14 heteroatoms. The third-order valence-electron chi connectivity index (χ3n) is 6.33. The standard InChI is InChI=1S/C22H20Br2F6N2O3S/c23-18-3-1-14(11-16(18)21(25,26)27)13-31-7-5-20(6-8-31)32(9-10-35-20)36(33,34)15-2-4-19(24)17(12-15)22(28,29)30/h1-4,11-12H,5-10,13H2. The Kier molecular flexibility index (Phi) is 7.61. The number of rotatable bonds is 4. The maximum atomic E-state index is 13.4. The first kappa shape index (κ1) is 27.8. The molecule has 5 nitrogen and oxygen atoms in total. The molecule has 0 atom stereocenters. The molecule has 2 saturated heterocycles. The lowest BCUT2D eigenvalue weighted by molar-refractivity contribution is -0.139. The van der Waals surface area contributed by atoms with Gasteiger partial charge in [0.15, 0.2) is 0 Å². The van der Waals surface area contributed by atoms with Crippen LogP contribution in [0.5, 0.6) is 0 Å². The fourth-order valence-electron chi connectivity index (χ4n) is 4.54. The normalized spacial score (nSPS) is 19.8. The molecule has 0 amide bonds. The van der Waals surface area contributed by atoms with Gasteiger partial charge in [-0.05, 0) is 35.9 Å². The summed E-state index contributed by atoms with van der Waals surface area (Å²) in [5.41, 5.74) is -2.65. The van der Waals surface area contributed by atoms with Crippen molar-refractivity contribution in [2.75, 3.05) is 26.2 Å². The van der Waals surface area contributed by atoms with Gasteiger partial charge in [0.05, 0.1) is 22.6 Å². The minimum atomic E-state index is -4.74. The van der Waals surface area contributed by atoms with Crippen LogP contribution < -0.4 is 0 Å². The molecule has 0 N–H and O–H groups in total. The largest absolute Gasteiger partial charge is 0.417 e. The summed E-state index contributed by atoms with van der Waals surface area (Å²) in [5, 5.41) is 0. The summed E-state index contributed by atoms with van der Waals surface area (Å²) in [5.74, 6) is 0. The number of benzene rings is 2. The molecule has 2 aromatic rings. The van der Waals surface area contributed by atoms with Crippen molar-refractivity contribution in [1.82, 2.24) is 9.21 Å². The van der Waals surface area contributed by atoms with Crippen LogP contribution in [0.15, 0.2) is 50.2 Å². The van der Waals surface area contributed by atoms with E-state index in [0.29, 0.717) is 24.7 Å². The number of halogens is 8. The molecule has 2 heterocycles. The van der Waals surface area contributed by atoms with Gasteiger partial charge in [0, 0.05) is 48.0 Å². The van der Waals surface area contributed by atoms with Crippen LogP contribution >= 0.6 is 31.9 Å². The number of alkyl halides is 6. The van der Waals surface area contributed by atoms with Gasteiger partial charge in [-0.2, -0.15) is 30.6 Å². The van der Waals surface area contributed by atoms with E-state index in [1.807, 2.05) is 4.90 Å². The summed E-state index contributed by atoms with van der Waals surface area (Å²) >= 11 is 5.73.